The summed E-state index contributed by atoms with van der Waals surface area (Å²) in [5.74, 6) is -0.0319. The highest BCUT2D eigenvalue weighted by Gasteiger charge is 2.26. The predicted octanol–water partition coefficient (Wildman–Crippen LogP) is 4.53. The summed E-state index contributed by atoms with van der Waals surface area (Å²) in [6.07, 6.45) is 4.59. The maximum absolute atomic E-state index is 12.6. The van der Waals surface area contributed by atoms with Crippen LogP contribution in [0.4, 0.5) is 5.69 Å². The molecule has 132 valence electrons. The number of amides is 2. The SMILES string of the molecule is CCC1CCCCN1C(=O)CCN(C(C)=O)c1ccc(Cl)cc1Cl. The molecule has 1 aromatic carbocycles. The molecular weight excluding hydrogens is 347 g/mol. The van der Waals surface area contributed by atoms with Crippen molar-refractivity contribution < 1.29 is 9.59 Å². The van der Waals surface area contributed by atoms with Crippen LogP contribution in [-0.4, -0.2) is 35.8 Å². The third-order valence-electron chi connectivity index (χ3n) is 4.55. The molecular formula is C18H24Cl2N2O2. The maximum atomic E-state index is 12.6. The third-order valence-corrected chi connectivity index (χ3v) is 5.09. The summed E-state index contributed by atoms with van der Waals surface area (Å²) in [5, 5.41) is 0.928. The Bertz CT molecular complexity index is 607. The second kappa shape index (κ2) is 8.72. The van der Waals surface area contributed by atoms with Crippen molar-refractivity contribution >= 4 is 40.7 Å². The molecule has 0 radical (unpaired) electrons. The smallest absolute Gasteiger partial charge is 0.224 e. The molecule has 0 saturated carbocycles. The number of nitrogens with zero attached hydrogens (tertiary/aromatic N) is 2. The number of hydrogen-bond acceptors (Lipinski definition) is 2. The molecule has 1 saturated heterocycles. The predicted molar refractivity (Wildman–Crippen MR) is 98.7 cm³/mol. The van der Waals surface area contributed by atoms with E-state index in [9.17, 15) is 9.59 Å². The van der Waals surface area contributed by atoms with E-state index in [4.69, 9.17) is 23.2 Å². The molecule has 2 amide bonds. The molecule has 1 heterocycles. The average molecular weight is 371 g/mol. The number of likely N-dealkylation sites (tertiary alicyclic amines) is 1. The van der Waals surface area contributed by atoms with Crippen molar-refractivity contribution in [3.05, 3.63) is 28.2 Å². The normalized spacial score (nSPS) is 17.7. The zero-order chi connectivity index (χ0) is 17.7. The Kier molecular flexibility index (Phi) is 6.93. The topological polar surface area (TPSA) is 40.6 Å². The van der Waals surface area contributed by atoms with E-state index in [2.05, 4.69) is 6.92 Å². The van der Waals surface area contributed by atoms with Crippen molar-refractivity contribution in [1.29, 1.82) is 0 Å². The van der Waals surface area contributed by atoms with Crippen LogP contribution in [0.2, 0.25) is 10.0 Å². The molecule has 1 aromatic rings. The van der Waals surface area contributed by atoms with Gasteiger partial charge in [0, 0.05) is 37.5 Å². The first-order valence-electron chi connectivity index (χ1n) is 8.46. The lowest BCUT2D eigenvalue weighted by molar-refractivity contribution is -0.134. The van der Waals surface area contributed by atoms with Crippen LogP contribution in [0.5, 0.6) is 0 Å². The third kappa shape index (κ3) is 4.64. The van der Waals surface area contributed by atoms with E-state index in [-0.39, 0.29) is 11.8 Å². The van der Waals surface area contributed by atoms with Gasteiger partial charge >= 0.3 is 0 Å². The minimum atomic E-state index is -0.141. The van der Waals surface area contributed by atoms with Crippen LogP contribution in [0.25, 0.3) is 0 Å². The highest BCUT2D eigenvalue weighted by Crippen LogP contribution is 2.29. The molecule has 1 aliphatic rings. The van der Waals surface area contributed by atoms with Gasteiger partial charge in [-0.2, -0.15) is 0 Å². The second-order valence-corrected chi connectivity index (χ2v) is 7.01. The van der Waals surface area contributed by atoms with Crippen molar-refractivity contribution in [3.63, 3.8) is 0 Å². The molecule has 0 bridgehead atoms. The zero-order valence-corrected chi connectivity index (χ0v) is 15.7. The Labute approximate surface area is 153 Å². The van der Waals surface area contributed by atoms with Gasteiger partial charge in [-0.1, -0.05) is 30.1 Å². The molecule has 4 nitrogen and oxygen atoms in total. The summed E-state index contributed by atoms with van der Waals surface area (Å²) in [6.45, 7) is 4.73. The number of anilines is 1. The van der Waals surface area contributed by atoms with Gasteiger partial charge in [-0.15, -0.1) is 0 Å². The Morgan fingerprint density at radius 1 is 1.29 bits per heavy atom. The van der Waals surface area contributed by atoms with Crippen molar-refractivity contribution in [2.24, 2.45) is 0 Å². The summed E-state index contributed by atoms with van der Waals surface area (Å²) in [5.41, 5.74) is 0.590. The van der Waals surface area contributed by atoms with E-state index in [1.807, 2.05) is 4.90 Å². The lowest BCUT2D eigenvalue weighted by Crippen LogP contribution is -2.44. The van der Waals surface area contributed by atoms with Crippen molar-refractivity contribution in [2.75, 3.05) is 18.0 Å². The Hall–Kier alpha value is -1.26. The first kappa shape index (κ1) is 19.1. The maximum Gasteiger partial charge on any atom is 0.224 e. The van der Waals surface area contributed by atoms with E-state index in [0.29, 0.717) is 34.7 Å². The molecule has 0 spiro atoms. The van der Waals surface area contributed by atoms with E-state index >= 15 is 0 Å². The quantitative estimate of drug-likeness (QED) is 0.763. The van der Waals surface area contributed by atoms with Gasteiger partial charge in [-0.25, -0.2) is 0 Å². The summed E-state index contributed by atoms with van der Waals surface area (Å²) in [4.78, 5) is 28.1. The fourth-order valence-electron chi connectivity index (χ4n) is 3.25. The zero-order valence-electron chi connectivity index (χ0n) is 14.2. The van der Waals surface area contributed by atoms with Crippen molar-refractivity contribution in [1.82, 2.24) is 4.90 Å². The minimum absolute atomic E-state index is 0.109. The van der Waals surface area contributed by atoms with E-state index in [0.717, 1.165) is 25.8 Å². The standard InChI is InChI=1S/C18H24Cl2N2O2/c1-3-15-6-4-5-10-22(15)18(24)9-11-21(13(2)23)17-8-7-14(19)12-16(17)20/h7-8,12,15H,3-6,9-11H2,1-2H3. The van der Waals surface area contributed by atoms with Crippen LogP contribution in [0.15, 0.2) is 18.2 Å². The first-order chi connectivity index (χ1) is 11.4. The number of halogens is 2. The summed E-state index contributed by atoms with van der Waals surface area (Å²) in [6, 6.07) is 5.34. The van der Waals surface area contributed by atoms with Crippen LogP contribution in [-0.2, 0) is 9.59 Å². The summed E-state index contributed by atoms with van der Waals surface area (Å²) >= 11 is 12.1. The minimum Gasteiger partial charge on any atom is -0.340 e. The van der Waals surface area contributed by atoms with Gasteiger partial charge in [0.25, 0.3) is 0 Å². The highest BCUT2D eigenvalue weighted by atomic mass is 35.5. The van der Waals surface area contributed by atoms with E-state index < -0.39 is 0 Å². The lowest BCUT2D eigenvalue weighted by atomic mass is 9.99. The van der Waals surface area contributed by atoms with E-state index in [1.165, 1.54) is 13.3 Å². The van der Waals surface area contributed by atoms with Gasteiger partial charge in [-0.3, -0.25) is 9.59 Å². The largest absolute Gasteiger partial charge is 0.340 e. The van der Waals surface area contributed by atoms with Crippen LogP contribution >= 0.6 is 23.2 Å². The molecule has 6 heteroatoms. The van der Waals surface area contributed by atoms with Crippen LogP contribution in [0.3, 0.4) is 0 Å². The van der Waals surface area contributed by atoms with Gasteiger partial charge in [0.15, 0.2) is 0 Å². The van der Waals surface area contributed by atoms with Crippen LogP contribution in [0, 0.1) is 0 Å². The first-order valence-corrected chi connectivity index (χ1v) is 9.22. The highest BCUT2D eigenvalue weighted by molar-refractivity contribution is 6.36. The Balaban J connectivity index is 2.06. The molecule has 0 aromatic heterocycles. The molecule has 0 N–H and O–H groups in total. The number of rotatable bonds is 5. The van der Waals surface area contributed by atoms with Gasteiger partial charge < -0.3 is 9.80 Å². The molecule has 2 rings (SSSR count). The molecule has 24 heavy (non-hydrogen) atoms. The Morgan fingerprint density at radius 2 is 2.04 bits per heavy atom. The molecule has 1 fully saturated rings. The second-order valence-electron chi connectivity index (χ2n) is 6.16. The number of benzene rings is 1. The van der Waals surface area contributed by atoms with Gasteiger partial charge in [0.2, 0.25) is 11.8 Å². The van der Waals surface area contributed by atoms with Gasteiger partial charge in [0.1, 0.15) is 0 Å². The Morgan fingerprint density at radius 3 is 2.67 bits per heavy atom. The molecule has 0 aliphatic carbocycles. The fraction of sp³-hybridized carbons (Fsp3) is 0.556. The molecule has 1 atom stereocenters. The lowest BCUT2D eigenvalue weighted by Gasteiger charge is -2.36. The number of carbonyl (C=O) groups excluding carboxylic acids is 2. The summed E-state index contributed by atoms with van der Waals surface area (Å²) in [7, 11) is 0. The van der Waals surface area contributed by atoms with Crippen molar-refractivity contribution in [3.8, 4) is 0 Å². The van der Waals surface area contributed by atoms with Crippen LogP contribution in [0.1, 0.15) is 46.0 Å². The van der Waals surface area contributed by atoms with Crippen molar-refractivity contribution in [2.45, 2.75) is 52.0 Å². The van der Waals surface area contributed by atoms with E-state index in [1.54, 1.807) is 23.1 Å². The number of carbonyl (C=O) groups is 2. The number of hydrogen-bond donors (Lipinski definition) is 0. The van der Waals surface area contributed by atoms with Crippen LogP contribution < -0.4 is 4.90 Å². The number of piperidine rings is 1. The monoisotopic (exact) mass is 370 g/mol. The summed E-state index contributed by atoms with van der Waals surface area (Å²) < 4.78 is 0. The molecule has 1 unspecified atom stereocenters. The average Bonchev–Trinajstić information content (AvgIpc) is 2.56. The fourth-order valence-corrected chi connectivity index (χ4v) is 3.76. The molecule has 1 aliphatic heterocycles. The van der Waals surface area contributed by atoms with Gasteiger partial charge in [-0.05, 0) is 43.9 Å². The van der Waals surface area contributed by atoms with Gasteiger partial charge in [0.05, 0.1) is 10.7 Å².